The van der Waals surface area contributed by atoms with Crippen LogP contribution in [0.1, 0.15) is 38.3 Å². The molecule has 0 saturated carbocycles. The molecule has 3 amide bonds. The van der Waals surface area contributed by atoms with Crippen LogP contribution >= 0.6 is 11.3 Å². The van der Waals surface area contributed by atoms with Crippen LogP contribution in [0.15, 0.2) is 36.4 Å². The third-order valence-electron chi connectivity index (χ3n) is 3.68. The smallest absolute Gasteiger partial charge is 0.263 e. The lowest BCUT2D eigenvalue weighted by Gasteiger charge is -2.19. The van der Waals surface area contributed by atoms with Crippen LogP contribution in [-0.4, -0.2) is 35.7 Å². The number of nitrogens with two attached hydrogens (primary N) is 1. The summed E-state index contributed by atoms with van der Waals surface area (Å²) in [4.78, 5) is 38.9. The van der Waals surface area contributed by atoms with E-state index in [-0.39, 0.29) is 18.2 Å². The molecule has 0 fully saturated rings. The SMILES string of the molecule is CCN(CCC(=O)Nc1ccc(C(N)=O)cc1)C(=O)c1ccc(C)s1. The zero-order valence-corrected chi connectivity index (χ0v) is 15.1. The quantitative estimate of drug-likeness (QED) is 0.796. The molecule has 2 rings (SSSR count). The summed E-state index contributed by atoms with van der Waals surface area (Å²) in [6, 6.07) is 10.1. The fraction of sp³-hybridized carbons (Fsp3) is 0.278. The molecule has 0 radical (unpaired) electrons. The Morgan fingerprint density at radius 3 is 2.32 bits per heavy atom. The number of nitrogens with one attached hydrogen (secondary N) is 1. The van der Waals surface area contributed by atoms with Gasteiger partial charge >= 0.3 is 0 Å². The second kappa shape index (κ2) is 8.43. The summed E-state index contributed by atoms with van der Waals surface area (Å²) in [5.41, 5.74) is 6.14. The highest BCUT2D eigenvalue weighted by Crippen LogP contribution is 2.17. The number of carbonyl (C=O) groups excluding carboxylic acids is 3. The summed E-state index contributed by atoms with van der Waals surface area (Å²) in [6.45, 7) is 4.72. The molecule has 0 aliphatic carbocycles. The second-order valence-corrected chi connectivity index (χ2v) is 6.82. The van der Waals surface area contributed by atoms with Gasteiger partial charge in [-0.1, -0.05) is 0 Å². The summed E-state index contributed by atoms with van der Waals surface area (Å²) < 4.78 is 0. The summed E-state index contributed by atoms with van der Waals surface area (Å²) in [5, 5.41) is 2.74. The third-order valence-corrected chi connectivity index (χ3v) is 4.67. The Kier molecular flexibility index (Phi) is 6.30. The van der Waals surface area contributed by atoms with Crippen LogP contribution in [0.5, 0.6) is 0 Å². The lowest BCUT2D eigenvalue weighted by Crippen LogP contribution is -2.33. The molecule has 0 atom stereocenters. The van der Waals surface area contributed by atoms with Crippen LogP contribution in [0.2, 0.25) is 0 Å². The van der Waals surface area contributed by atoms with Gasteiger partial charge in [0.15, 0.2) is 0 Å². The van der Waals surface area contributed by atoms with Gasteiger partial charge < -0.3 is 16.0 Å². The van der Waals surface area contributed by atoms with Gasteiger partial charge in [-0.05, 0) is 50.2 Å². The van der Waals surface area contributed by atoms with Gasteiger partial charge in [0.05, 0.1) is 4.88 Å². The van der Waals surface area contributed by atoms with Crippen LogP contribution in [-0.2, 0) is 4.79 Å². The van der Waals surface area contributed by atoms with Gasteiger partial charge in [0.1, 0.15) is 0 Å². The molecule has 1 aromatic carbocycles. The predicted octanol–water partition coefficient (Wildman–Crippen LogP) is 2.65. The second-order valence-electron chi connectivity index (χ2n) is 5.53. The minimum Gasteiger partial charge on any atom is -0.366 e. The van der Waals surface area contributed by atoms with Gasteiger partial charge in [-0.15, -0.1) is 11.3 Å². The molecule has 1 heterocycles. The number of hydrogen-bond acceptors (Lipinski definition) is 4. The molecule has 0 bridgehead atoms. The molecule has 2 aromatic rings. The molecular formula is C18H21N3O3S. The average Bonchev–Trinajstić information content (AvgIpc) is 3.02. The highest BCUT2D eigenvalue weighted by Gasteiger charge is 2.17. The Balaban J connectivity index is 1.89. The first-order valence-corrected chi connectivity index (χ1v) is 8.77. The van der Waals surface area contributed by atoms with Crippen molar-refractivity contribution in [2.24, 2.45) is 5.73 Å². The Morgan fingerprint density at radius 2 is 1.80 bits per heavy atom. The fourth-order valence-corrected chi connectivity index (χ4v) is 3.12. The van der Waals surface area contributed by atoms with Gasteiger partial charge in [0.2, 0.25) is 11.8 Å². The van der Waals surface area contributed by atoms with Gasteiger partial charge in [-0.25, -0.2) is 0 Å². The van der Waals surface area contributed by atoms with Crippen molar-refractivity contribution in [3.05, 3.63) is 51.7 Å². The summed E-state index contributed by atoms with van der Waals surface area (Å²) in [6.07, 6.45) is 0.196. The number of hydrogen-bond donors (Lipinski definition) is 2. The number of rotatable bonds is 7. The molecule has 0 saturated heterocycles. The van der Waals surface area contributed by atoms with E-state index >= 15 is 0 Å². The maximum Gasteiger partial charge on any atom is 0.263 e. The Morgan fingerprint density at radius 1 is 1.12 bits per heavy atom. The summed E-state index contributed by atoms with van der Waals surface area (Å²) >= 11 is 1.45. The molecule has 1 aromatic heterocycles. The molecule has 6 nitrogen and oxygen atoms in total. The Bertz CT molecular complexity index is 768. The zero-order chi connectivity index (χ0) is 18.4. The van der Waals surface area contributed by atoms with Gasteiger partial charge in [-0.2, -0.15) is 0 Å². The van der Waals surface area contributed by atoms with E-state index in [1.54, 1.807) is 29.2 Å². The van der Waals surface area contributed by atoms with Crippen LogP contribution in [0.3, 0.4) is 0 Å². The number of thiophene rings is 1. The van der Waals surface area contributed by atoms with Crippen molar-refractivity contribution in [1.29, 1.82) is 0 Å². The van der Waals surface area contributed by atoms with Gasteiger partial charge in [0, 0.05) is 35.6 Å². The number of nitrogens with zero attached hydrogens (tertiary/aromatic N) is 1. The van der Waals surface area contributed by atoms with Crippen LogP contribution in [0.25, 0.3) is 0 Å². The van der Waals surface area contributed by atoms with Crippen molar-refractivity contribution >= 4 is 34.7 Å². The first kappa shape index (κ1) is 18.7. The first-order chi connectivity index (χ1) is 11.9. The highest BCUT2D eigenvalue weighted by atomic mass is 32.1. The van der Waals surface area contributed by atoms with E-state index in [9.17, 15) is 14.4 Å². The summed E-state index contributed by atoms with van der Waals surface area (Å²) in [5.74, 6) is -0.765. The molecule has 0 aliphatic rings. The molecule has 25 heavy (non-hydrogen) atoms. The normalized spacial score (nSPS) is 10.3. The van der Waals surface area contributed by atoms with E-state index in [1.807, 2.05) is 26.0 Å². The lowest BCUT2D eigenvalue weighted by atomic mass is 10.2. The van der Waals surface area contributed by atoms with E-state index in [2.05, 4.69) is 5.32 Å². The van der Waals surface area contributed by atoms with E-state index in [4.69, 9.17) is 5.73 Å². The fourth-order valence-electron chi connectivity index (χ4n) is 2.29. The maximum atomic E-state index is 12.4. The molecule has 0 unspecified atom stereocenters. The van der Waals surface area contributed by atoms with Crippen LogP contribution in [0.4, 0.5) is 5.69 Å². The Labute approximate surface area is 150 Å². The maximum absolute atomic E-state index is 12.4. The number of amides is 3. The summed E-state index contributed by atoms with van der Waals surface area (Å²) in [7, 11) is 0. The van der Waals surface area contributed by atoms with Crippen molar-refractivity contribution in [3.63, 3.8) is 0 Å². The Hall–Kier alpha value is -2.67. The van der Waals surface area contributed by atoms with Crippen molar-refractivity contribution in [1.82, 2.24) is 4.90 Å². The predicted molar refractivity (Wildman–Crippen MR) is 98.8 cm³/mol. The zero-order valence-electron chi connectivity index (χ0n) is 14.2. The molecule has 7 heteroatoms. The van der Waals surface area contributed by atoms with Crippen molar-refractivity contribution in [2.45, 2.75) is 20.3 Å². The molecule has 0 aliphatic heterocycles. The number of carbonyl (C=O) groups is 3. The topological polar surface area (TPSA) is 92.5 Å². The van der Waals surface area contributed by atoms with Crippen molar-refractivity contribution in [2.75, 3.05) is 18.4 Å². The minimum absolute atomic E-state index is 0.0563. The van der Waals surface area contributed by atoms with E-state index in [0.29, 0.717) is 29.2 Å². The van der Waals surface area contributed by atoms with Crippen LogP contribution in [0, 0.1) is 6.92 Å². The largest absolute Gasteiger partial charge is 0.366 e. The number of primary amides is 1. The van der Waals surface area contributed by atoms with Crippen LogP contribution < -0.4 is 11.1 Å². The highest BCUT2D eigenvalue weighted by molar-refractivity contribution is 7.13. The number of anilines is 1. The number of benzene rings is 1. The molecule has 3 N–H and O–H groups in total. The lowest BCUT2D eigenvalue weighted by molar-refractivity contribution is -0.116. The van der Waals surface area contributed by atoms with E-state index < -0.39 is 5.91 Å². The number of aryl methyl sites for hydroxylation is 1. The van der Waals surface area contributed by atoms with E-state index in [1.165, 1.54) is 11.3 Å². The third kappa shape index (κ3) is 5.15. The monoisotopic (exact) mass is 359 g/mol. The molecule has 0 spiro atoms. The molecular weight excluding hydrogens is 338 g/mol. The molecule has 132 valence electrons. The first-order valence-electron chi connectivity index (χ1n) is 7.96. The average molecular weight is 359 g/mol. The van der Waals surface area contributed by atoms with E-state index in [0.717, 1.165) is 4.88 Å². The van der Waals surface area contributed by atoms with Crippen molar-refractivity contribution in [3.8, 4) is 0 Å². The minimum atomic E-state index is -0.515. The van der Waals surface area contributed by atoms with Crippen molar-refractivity contribution < 1.29 is 14.4 Å². The van der Waals surface area contributed by atoms with Gasteiger partial charge in [-0.3, -0.25) is 14.4 Å². The standard InChI is InChI=1S/C18H21N3O3S/c1-3-21(18(24)15-9-4-12(2)25-15)11-10-16(22)20-14-7-5-13(6-8-14)17(19)23/h4-9H,3,10-11H2,1-2H3,(H2,19,23)(H,20,22). The van der Waals surface area contributed by atoms with Gasteiger partial charge in [0.25, 0.3) is 5.91 Å².